The van der Waals surface area contributed by atoms with Crippen LogP contribution in [0, 0.1) is 5.92 Å². The second-order valence-corrected chi connectivity index (χ2v) is 5.75. The number of nitrogens with zero attached hydrogens (tertiary/aromatic N) is 4. The first-order chi connectivity index (χ1) is 9.56. The van der Waals surface area contributed by atoms with Crippen LogP contribution in [0.3, 0.4) is 0 Å². The third-order valence-corrected chi connectivity index (χ3v) is 3.00. The average molecular weight is 273 g/mol. The van der Waals surface area contributed by atoms with Gasteiger partial charge in [0.05, 0.1) is 11.4 Å². The zero-order chi connectivity index (χ0) is 14.5. The minimum Gasteiger partial charge on any atom is -0.311 e. The molecule has 0 aliphatic rings. The number of aromatic nitrogens is 4. The lowest BCUT2D eigenvalue weighted by Crippen LogP contribution is -2.20. The van der Waals surface area contributed by atoms with Crippen LogP contribution in [0.2, 0.25) is 0 Å². The summed E-state index contributed by atoms with van der Waals surface area (Å²) in [6, 6.07) is 5.97. The molecule has 5 nitrogen and oxygen atoms in total. The second-order valence-electron chi connectivity index (χ2n) is 5.75. The third kappa shape index (κ3) is 3.87. The van der Waals surface area contributed by atoms with Gasteiger partial charge in [0.15, 0.2) is 5.82 Å². The minimum absolute atomic E-state index is 0.420. The SMILES string of the molecule is CC(C)CNCc1ccc(-n2ccc(C(C)C)n2)nn1. The van der Waals surface area contributed by atoms with Crippen LogP contribution in [0.15, 0.2) is 24.4 Å². The first kappa shape index (κ1) is 14.7. The molecular weight excluding hydrogens is 250 g/mol. The van der Waals surface area contributed by atoms with Crippen LogP contribution in [-0.4, -0.2) is 26.5 Å². The summed E-state index contributed by atoms with van der Waals surface area (Å²) in [5, 5.41) is 16.3. The van der Waals surface area contributed by atoms with Gasteiger partial charge < -0.3 is 5.32 Å². The van der Waals surface area contributed by atoms with Crippen LogP contribution in [0.5, 0.6) is 0 Å². The lowest BCUT2D eigenvalue weighted by Gasteiger charge is -2.06. The van der Waals surface area contributed by atoms with E-state index in [1.54, 1.807) is 4.68 Å². The van der Waals surface area contributed by atoms with Gasteiger partial charge in [-0.1, -0.05) is 27.7 Å². The Morgan fingerprint density at radius 3 is 2.45 bits per heavy atom. The van der Waals surface area contributed by atoms with E-state index in [1.807, 2.05) is 24.4 Å². The van der Waals surface area contributed by atoms with E-state index in [0.29, 0.717) is 11.8 Å². The van der Waals surface area contributed by atoms with Crippen molar-refractivity contribution in [2.24, 2.45) is 5.92 Å². The highest BCUT2D eigenvalue weighted by atomic mass is 15.3. The van der Waals surface area contributed by atoms with Crippen LogP contribution in [0.4, 0.5) is 0 Å². The molecule has 0 atom stereocenters. The highest BCUT2D eigenvalue weighted by Gasteiger charge is 2.06. The molecule has 2 aromatic rings. The Morgan fingerprint density at radius 1 is 1.10 bits per heavy atom. The van der Waals surface area contributed by atoms with Gasteiger partial charge in [-0.3, -0.25) is 0 Å². The van der Waals surface area contributed by atoms with Crippen molar-refractivity contribution < 1.29 is 0 Å². The zero-order valence-electron chi connectivity index (χ0n) is 12.7. The summed E-state index contributed by atoms with van der Waals surface area (Å²) < 4.78 is 1.77. The van der Waals surface area contributed by atoms with Crippen molar-refractivity contribution in [1.29, 1.82) is 0 Å². The Kier molecular flexibility index (Phi) is 4.84. The van der Waals surface area contributed by atoms with Gasteiger partial charge in [-0.2, -0.15) is 10.2 Å². The molecule has 108 valence electrons. The Morgan fingerprint density at radius 2 is 1.90 bits per heavy atom. The fraction of sp³-hybridized carbons (Fsp3) is 0.533. The fourth-order valence-corrected chi connectivity index (χ4v) is 1.83. The summed E-state index contributed by atoms with van der Waals surface area (Å²) in [6.45, 7) is 10.4. The van der Waals surface area contributed by atoms with Gasteiger partial charge in [0.25, 0.3) is 0 Å². The smallest absolute Gasteiger partial charge is 0.175 e. The highest BCUT2D eigenvalue weighted by Crippen LogP contribution is 2.12. The average Bonchev–Trinajstić information content (AvgIpc) is 2.89. The number of nitrogens with one attached hydrogen (secondary N) is 1. The number of rotatable bonds is 6. The zero-order valence-corrected chi connectivity index (χ0v) is 12.7. The predicted molar refractivity (Wildman–Crippen MR) is 79.8 cm³/mol. The van der Waals surface area contributed by atoms with Gasteiger partial charge in [0.2, 0.25) is 0 Å². The van der Waals surface area contributed by atoms with Crippen molar-refractivity contribution in [3.63, 3.8) is 0 Å². The van der Waals surface area contributed by atoms with E-state index in [2.05, 4.69) is 48.3 Å². The van der Waals surface area contributed by atoms with Crippen molar-refractivity contribution in [3.8, 4) is 5.82 Å². The fourth-order valence-electron chi connectivity index (χ4n) is 1.83. The molecule has 2 heterocycles. The molecule has 20 heavy (non-hydrogen) atoms. The molecule has 0 radical (unpaired) electrons. The third-order valence-electron chi connectivity index (χ3n) is 3.00. The molecule has 1 N–H and O–H groups in total. The predicted octanol–water partition coefficient (Wildman–Crippen LogP) is 2.53. The van der Waals surface area contributed by atoms with E-state index in [1.165, 1.54) is 0 Å². The maximum Gasteiger partial charge on any atom is 0.175 e. The summed E-state index contributed by atoms with van der Waals surface area (Å²) in [4.78, 5) is 0. The minimum atomic E-state index is 0.420. The van der Waals surface area contributed by atoms with Crippen molar-refractivity contribution in [3.05, 3.63) is 35.8 Å². The van der Waals surface area contributed by atoms with Crippen LogP contribution < -0.4 is 5.32 Å². The maximum atomic E-state index is 4.49. The molecule has 0 saturated heterocycles. The lowest BCUT2D eigenvalue weighted by atomic mass is 10.1. The summed E-state index contributed by atoms with van der Waals surface area (Å²) in [7, 11) is 0. The lowest BCUT2D eigenvalue weighted by molar-refractivity contribution is 0.545. The molecule has 0 fully saturated rings. The Balaban J connectivity index is 2.00. The molecule has 2 rings (SSSR count). The summed E-state index contributed by atoms with van der Waals surface area (Å²) in [5.74, 6) is 1.81. The van der Waals surface area contributed by atoms with Crippen LogP contribution in [-0.2, 0) is 6.54 Å². The molecule has 5 heteroatoms. The van der Waals surface area contributed by atoms with Gasteiger partial charge in [-0.05, 0) is 36.6 Å². The topological polar surface area (TPSA) is 55.6 Å². The van der Waals surface area contributed by atoms with Crippen molar-refractivity contribution in [2.75, 3.05) is 6.54 Å². The van der Waals surface area contributed by atoms with Crippen LogP contribution in [0.25, 0.3) is 5.82 Å². The van der Waals surface area contributed by atoms with Gasteiger partial charge in [-0.25, -0.2) is 4.68 Å². The quantitative estimate of drug-likeness (QED) is 0.878. The molecule has 0 aromatic carbocycles. The Labute approximate surface area is 120 Å². The second kappa shape index (κ2) is 6.61. The maximum absolute atomic E-state index is 4.49. The standard InChI is InChI=1S/C15H23N5/c1-11(2)9-16-10-13-5-6-15(18-17-13)20-8-7-14(19-20)12(3)4/h5-8,11-12,16H,9-10H2,1-4H3. The van der Waals surface area contributed by atoms with Crippen molar-refractivity contribution >= 4 is 0 Å². The Hall–Kier alpha value is -1.75. The molecule has 0 amide bonds. The van der Waals surface area contributed by atoms with E-state index in [-0.39, 0.29) is 0 Å². The van der Waals surface area contributed by atoms with Gasteiger partial charge in [0.1, 0.15) is 0 Å². The van der Waals surface area contributed by atoms with Crippen molar-refractivity contribution in [1.82, 2.24) is 25.3 Å². The molecule has 0 aliphatic carbocycles. The van der Waals surface area contributed by atoms with E-state index < -0.39 is 0 Å². The van der Waals surface area contributed by atoms with Crippen molar-refractivity contribution in [2.45, 2.75) is 40.2 Å². The molecule has 0 aliphatic heterocycles. The first-order valence-electron chi connectivity index (χ1n) is 7.15. The van der Waals surface area contributed by atoms with E-state index in [9.17, 15) is 0 Å². The van der Waals surface area contributed by atoms with E-state index in [4.69, 9.17) is 0 Å². The van der Waals surface area contributed by atoms with Crippen LogP contribution in [0.1, 0.15) is 45.0 Å². The highest BCUT2D eigenvalue weighted by molar-refractivity contribution is 5.22. The first-order valence-corrected chi connectivity index (χ1v) is 7.15. The molecular formula is C15H23N5. The number of hydrogen-bond donors (Lipinski definition) is 1. The number of hydrogen-bond acceptors (Lipinski definition) is 4. The van der Waals surface area contributed by atoms with Gasteiger partial charge >= 0.3 is 0 Å². The Bertz CT molecular complexity index is 527. The van der Waals surface area contributed by atoms with E-state index in [0.717, 1.165) is 30.3 Å². The molecule has 0 bridgehead atoms. The van der Waals surface area contributed by atoms with Crippen LogP contribution >= 0.6 is 0 Å². The normalized spacial score (nSPS) is 11.5. The summed E-state index contributed by atoms with van der Waals surface area (Å²) in [5.41, 5.74) is 2.01. The van der Waals surface area contributed by atoms with Gasteiger partial charge in [0, 0.05) is 12.7 Å². The summed E-state index contributed by atoms with van der Waals surface area (Å²) >= 11 is 0. The molecule has 0 spiro atoms. The largest absolute Gasteiger partial charge is 0.311 e. The molecule has 0 saturated carbocycles. The van der Waals surface area contributed by atoms with E-state index >= 15 is 0 Å². The summed E-state index contributed by atoms with van der Waals surface area (Å²) in [6.07, 6.45) is 1.93. The molecule has 0 unspecified atom stereocenters. The molecule has 2 aromatic heterocycles. The monoisotopic (exact) mass is 273 g/mol. The van der Waals surface area contributed by atoms with Gasteiger partial charge in [-0.15, -0.1) is 5.10 Å².